The largest absolute Gasteiger partial charge is 0.481 e. The van der Waals surface area contributed by atoms with Gasteiger partial charge in [-0.15, -0.1) is 0 Å². The van der Waals surface area contributed by atoms with Crippen LogP contribution in [-0.2, 0) is 4.79 Å². The summed E-state index contributed by atoms with van der Waals surface area (Å²) in [4.78, 5) is 37.6. The van der Waals surface area contributed by atoms with Gasteiger partial charge in [-0.2, -0.15) is 0 Å². The molecule has 2 aromatic carbocycles. The van der Waals surface area contributed by atoms with Crippen molar-refractivity contribution in [2.75, 3.05) is 18.4 Å². The van der Waals surface area contributed by atoms with Gasteiger partial charge in [0.2, 0.25) is 0 Å². The quantitative estimate of drug-likeness (QED) is 0.791. The van der Waals surface area contributed by atoms with Gasteiger partial charge >= 0.3 is 12.0 Å². The van der Waals surface area contributed by atoms with Gasteiger partial charge < -0.3 is 15.3 Å². The number of amides is 2. The summed E-state index contributed by atoms with van der Waals surface area (Å²) in [6.07, 6.45) is 1.68. The van der Waals surface area contributed by atoms with Gasteiger partial charge in [0.15, 0.2) is 5.78 Å². The predicted molar refractivity (Wildman–Crippen MR) is 102 cm³/mol. The van der Waals surface area contributed by atoms with Gasteiger partial charge in [0.25, 0.3) is 0 Å². The minimum Gasteiger partial charge on any atom is -0.481 e. The average Bonchev–Trinajstić information content (AvgIpc) is 2.68. The number of benzene rings is 2. The van der Waals surface area contributed by atoms with Crippen LogP contribution in [0.15, 0.2) is 54.6 Å². The molecule has 0 spiro atoms. The van der Waals surface area contributed by atoms with Crippen LogP contribution in [0.5, 0.6) is 0 Å². The van der Waals surface area contributed by atoms with E-state index in [0.29, 0.717) is 29.9 Å². The lowest BCUT2D eigenvalue weighted by atomic mass is 9.95. The number of carboxylic acids is 1. The van der Waals surface area contributed by atoms with Crippen molar-refractivity contribution in [3.8, 4) is 0 Å². The number of anilines is 1. The summed E-state index contributed by atoms with van der Waals surface area (Å²) in [7, 11) is 0. The zero-order chi connectivity index (χ0) is 19.2. The minimum atomic E-state index is -0.839. The van der Waals surface area contributed by atoms with Gasteiger partial charge in [-0.1, -0.05) is 42.5 Å². The van der Waals surface area contributed by atoms with E-state index >= 15 is 0 Å². The van der Waals surface area contributed by atoms with Crippen LogP contribution in [0.2, 0.25) is 0 Å². The Morgan fingerprint density at radius 1 is 1.04 bits per heavy atom. The van der Waals surface area contributed by atoms with E-state index in [1.54, 1.807) is 41.3 Å². The fourth-order valence-electron chi connectivity index (χ4n) is 3.36. The normalized spacial score (nSPS) is 16.6. The molecule has 1 fully saturated rings. The van der Waals surface area contributed by atoms with E-state index in [1.807, 2.05) is 18.2 Å². The molecule has 1 heterocycles. The first-order valence-electron chi connectivity index (χ1n) is 9.00. The fraction of sp³-hybridized carbons (Fsp3) is 0.286. The van der Waals surface area contributed by atoms with Gasteiger partial charge in [0, 0.05) is 36.3 Å². The molecule has 0 aromatic heterocycles. The van der Waals surface area contributed by atoms with Crippen molar-refractivity contribution in [3.63, 3.8) is 0 Å². The Bertz CT molecular complexity index is 835. The van der Waals surface area contributed by atoms with E-state index in [1.165, 1.54) is 0 Å². The second-order valence-electron chi connectivity index (χ2n) is 6.76. The van der Waals surface area contributed by atoms with Gasteiger partial charge in [0.05, 0.1) is 0 Å². The fourth-order valence-corrected chi connectivity index (χ4v) is 3.36. The van der Waals surface area contributed by atoms with Crippen molar-refractivity contribution in [1.29, 1.82) is 0 Å². The molecule has 0 aliphatic carbocycles. The van der Waals surface area contributed by atoms with Crippen LogP contribution in [-0.4, -0.2) is 40.9 Å². The predicted octanol–water partition coefficient (Wildman–Crippen LogP) is 3.64. The third kappa shape index (κ3) is 4.94. The molecule has 1 atom stereocenters. The SMILES string of the molecule is O=C(O)CC1CCCN(C(=O)Nc2cccc(C(=O)c3ccccc3)c2)C1. The molecule has 3 rings (SSSR count). The molecule has 27 heavy (non-hydrogen) atoms. The molecule has 140 valence electrons. The lowest BCUT2D eigenvalue weighted by molar-refractivity contribution is -0.138. The van der Waals surface area contributed by atoms with Gasteiger partial charge in [0.1, 0.15) is 0 Å². The highest BCUT2D eigenvalue weighted by molar-refractivity contribution is 6.09. The summed E-state index contributed by atoms with van der Waals surface area (Å²) in [5.41, 5.74) is 1.64. The highest BCUT2D eigenvalue weighted by atomic mass is 16.4. The molecule has 0 saturated carbocycles. The third-order valence-electron chi connectivity index (χ3n) is 4.68. The number of carboxylic acid groups (broad SMARTS) is 1. The third-order valence-corrected chi connectivity index (χ3v) is 4.68. The summed E-state index contributed by atoms with van der Waals surface area (Å²) in [6, 6.07) is 15.5. The van der Waals surface area contributed by atoms with Gasteiger partial charge in [-0.25, -0.2) is 4.79 Å². The first-order valence-corrected chi connectivity index (χ1v) is 9.00. The van der Waals surface area contributed by atoms with Gasteiger partial charge in [-0.05, 0) is 30.9 Å². The van der Waals surface area contributed by atoms with Crippen LogP contribution in [0.1, 0.15) is 35.2 Å². The molecule has 6 heteroatoms. The van der Waals surface area contributed by atoms with Crippen molar-refractivity contribution in [1.82, 2.24) is 4.90 Å². The molecule has 1 aliphatic heterocycles. The molecular weight excluding hydrogens is 344 g/mol. The van der Waals surface area contributed by atoms with E-state index < -0.39 is 5.97 Å². The number of likely N-dealkylation sites (tertiary alicyclic amines) is 1. The number of rotatable bonds is 5. The van der Waals surface area contributed by atoms with Crippen LogP contribution >= 0.6 is 0 Å². The highest BCUT2D eigenvalue weighted by Crippen LogP contribution is 2.21. The minimum absolute atomic E-state index is 0.0204. The number of carbonyl (C=O) groups is 3. The molecule has 2 N–H and O–H groups in total. The molecule has 0 radical (unpaired) electrons. The first-order chi connectivity index (χ1) is 13.0. The van der Waals surface area contributed by atoms with Crippen molar-refractivity contribution < 1.29 is 19.5 Å². The van der Waals surface area contributed by atoms with Crippen molar-refractivity contribution in [2.45, 2.75) is 19.3 Å². The molecule has 1 saturated heterocycles. The summed E-state index contributed by atoms with van der Waals surface area (Å²) < 4.78 is 0. The lowest BCUT2D eigenvalue weighted by Crippen LogP contribution is -2.42. The molecule has 0 bridgehead atoms. The van der Waals surface area contributed by atoms with Crippen LogP contribution in [0.4, 0.5) is 10.5 Å². The highest BCUT2D eigenvalue weighted by Gasteiger charge is 2.25. The summed E-state index contributed by atoms with van der Waals surface area (Å²) in [6.45, 7) is 1.03. The van der Waals surface area contributed by atoms with Crippen LogP contribution < -0.4 is 5.32 Å². The van der Waals surface area contributed by atoms with E-state index in [0.717, 1.165) is 12.8 Å². The molecule has 2 amide bonds. The summed E-state index contributed by atoms with van der Waals surface area (Å²) >= 11 is 0. The Morgan fingerprint density at radius 2 is 1.78 bits per heavy atom. The first kappa shape index (κ1) is 18.6. The van der Waals surface area contributed by atoms with Crippen molar-refractivity contribution in [3.05, 3.63) is 65.7 Å². The summed E-state index contributed by atoms with van der Waals surface area (Å²) in [5.74, 6) is -0.964. The molecular formula is C21H22N2O4. The maximum absolute atomic E-state index is 12.6. The number of piperidine rings is 1. The zero-order valence-corrected chi connectivity index (χ0v) is 14.9. The summed E-state index contributed by atoms with van der Waals surface area (Å²) in [5, 5.41) is 11.8. The number of urea groups is 1. The number of hydrogen-bond donors (Lipinski definition) is 2. The van der Waals surface area contributed by atoms with E-state index in [-0.39, 0.29) is 24.2 Å². The molecule has 1 aliphatic rings. The molecule has 6 nitrogen and oxygen atoms in total. The standard InChI is InChI=1S/C21H22N2O4/c24-19(25)12-15-6-5-11-23(14-15)21(27)22-18-10-4-9-17(13-18)20(26)16-7-2-1-3-8-16/h1-4,7-10,13,15H,5-6,11-12,14H2,(H,22,27)(H,24,25). The number of nitrogens with one attached hydrogen (secondary N) is 1. The topological polar surface area (TPSA) is 86.7 Å². The smallest absolute Gasteiger partial charge is 0.321 e. The number of nitrogens with zero attached hydrogens (tertiary/aromatic N) is 1. The van der Waals surface area contributed by atoms with Crippen LogP contribution in [0.3, 0.4) is 0 Å². The Hall–Kier alpha value is -3.15. The Morgan fingerprint density at radius 3 is 2.52 bits per heavy atom. The Kier molecular flexibility index (Phi) is 5.86. The lowest BCUT2D eigenvalue weighted by Gasteiger charge is -2.32. The van der Waals surface area contributed by atoms with E-state index in [4.69, 9.17) is 5.11 Å². The second kappa shape index (κ2) is 8.49. The van der Waals surface area contributed by atoms with Gasteiger partial charge in [-0.3, -0.25) is 9.59 Å². The maximum atomic E-state index is 12.6. The second-order valence-corrected chi connectivity index (χ2v) is 6.76. The van der Waals surface area contributed by atoms with Crippen LogP contribution in [0, 0.1) is 5.92 Å². The maximum Gasteiger partial charge on any atom is 0.321 e. The number of carbonyl (C=O) groups excluding carboxylic acids is 2. The van der Waals surface area contributed by atoms with Crippen molar-refractivity contribution in [2.24, 2.45) is 5.92 Å². The van der Waals surface area contributed by atoms with Crippen LogP contribution in [0.25, 0.3) is 0 Å². The molecule has 2 aromatic rings. The number of hydrogen-bond acceptors (Lipinski definition) is 3. The Balaban J connectivity index is 1.66. The zero-order valence-electron chi connectivity index (χ0n) is 14.9. The number of aliphatic carboxylic acids is 1. The van der Waals surface area contributed by atoms with Crippen molar-refractivity contribution >= 4 is 23.5 Å². The molecule has 1 unspecified atom stereocenters. The number of ketones is 1. The van der Waals surface area contributed by atoms with E-state index in [9.17, 15) is 14.4 Å². The monoisotopic (exact) mass is 366 g/mol. The van der Waals surface area contributed by atoms with E-state index in [2.05, 4.69) is 5.32 Å². The Labute approximate surface area is 157 Å². The average molecular weight is 366 g/mol.